The van der Waals surface area contributed by atoms with E-state index >= 15 is 0 Å². The molecule has 1 aliphatic carbocycles. The van der Waals surface area contributed by atoms with Crippen LogP contribution in [0.3, 0.4) is 0 Å². The fourth-order valence-corrected chi connectivity index (χ4v) is 2.08. The van der Waals surface area contributed by atoms with Gasteiger partial charge in [-0.25, -0.2) is 0 Å². The van der Waals surface area contributed by atoms with Crippen LogP contribution in [0.15, 0.2) is 24.3 Å². The van der Waals surface area contributed by atoms with Crippen LogP contribution in [0.4, 0.5) is 0 Å². The molecule has 0 atom stereocenters. The van der Waals surface area contributed by atoms with E-state index in [1.807, 2.05) is 12.1 Å². The van der Waals surface area contributed by atoms with Crippen molar-refractivity contribution in [3.05, 3.63) is 41.0 Å². The highest BCUT2D eigenvalue weighted by Gasteiger charge is 2.20. The van der Waals surface area contributed by atoms with Crippen molar-refractivity contribution in [2.75, 3.05) is 0 Å². The first-order chi connectivity index (χ1) is 6.25. The van der Waals surface area contributed by atoms with Crippen molar-refractivity contribution >= 4 is 10.8 Å². The Labute approximate surface area is 76.6 Å². The summed E-state index contributed by atoms with van der Waals surface area (Å²) in [5, 5.41) is 11.9. The van der Waals surface area contributed by atoms with E-state index in [-0.39, 0.29) is 0 Å². The molecule has 64 valence electrons. The van der Waals surface area contributed by atoms with E-state index in [2.05, 4.69) is 19.1 Å². The minimum atomic E-state index is 0.366. The van der Waals surface area contributed by atoms with Gasteiger partial charge in [-0.15, -0.1) is 0 Å². The zero-order chi connectivity index (χ0) is 9.00. The van der Waals surface area contributed by atoms with Crippen LogP contribution in [0.2, 0.25) is 0 Å². The fourth-order valence-electron chi connectivity index (χ4n) is 2.08. The molecule has 0 saturated carbocycles. The maximum absolute atomic E-state index is 9.42. The molecule has 2 aromatic carbocycles. The Morgan fingerprint density at radius 2 is 2.08 bits per heavy atom. The number of hydrogen-bond donors (Lipinski definition) is 1. The second-order valence-corrected chi connectivity index (χ2v) is 3.74. The highest BCUT2D eigenvalue weighted by atomic mass is 16.3. The molecular weight excluding hydrogens is 160 g/mol. The zero-order valence-corrected chi connectivity index (χ0v) is 7.46. The van der Waals surface area contributed by atoms with E-state index in [4.69, 9.17) is 0 Å². The lowest BCUT2D eigenvalue weighted by molar-refractivity contribution is 0.476. The van der Waals surface area contributed by atoms with Gasteiger partial charge in [-0.1, -0.05) is 12.1 Å². The first-order valence-electron chi connectivity index (χ1n) is 4.50. The van der Waals surface area contributed by atoms with Gasteiger partial charge in [0, 0.05) is 0 Å². The molecule has 0 heterocycles. The van der Waals surface area contributed by atoms with Crippen LogP contribution in [-0.4, -0.2) is 5.11 Å². The number of phenols is 1. The molecule has 0 spiro atoms. The predicted molar refractivity (Wildman–Crippen MR) is 53.2 cm³/mol. The number of aromatic hydroxyl groups is 1. The van der Waals surface area contributed by atoms with Gasteiger partial charge in [-0.3, -0.25) is 0 Å². The summed E-state index contributed by atoms with van der Waals surface area (Å²) in [5.74, 6) is 0.366. The normalized spacial score (nSPS) is 13.0. The Balaban J connectivity index is 2.52. The lowest BCUT2D eigenvalue weighted by Crippen LogP contribution is -1.77. The molecule has 3 rings (SSSR count). The highest BCUT2D eigenvalue weighted by molar-refractivity contribution is 5.94. The molecule has 1 aliphatic rings. The summed E-state index contributed by atoms with van der Waals surface area (Å²) in [4.78, 5) is 0. The van der Waals surface area contributed by atoms with Crippen molar-refractivity contribution in [3.63, 3.8) is 0 Å². The van der Waals surface area contributed by atoms with E-state index in [0.29, 0.717) is 5.75 Å². The Hall–Kier alpha value is -1.50. The molecule has 0 bridgehead atoms. The van der Waals surface area contributed by atoms with Crippen LogP contribution < -0.4 is 0 Å². The highest BCUT2D eigenvalue weighted by Crippen LogP contribution is 2.38. The fraction of sp³-hybridized carbons (Fsp3) is 0.167. The summed E-state index contributed by atoms with van der Waals surface area (Å²) in [6, 6.07) is 7.91. The first-order valence-corrected chi connectivity index (χ1v) is 4.50. The molecule has 1 nitrogen and oxygen atoms in total. The second-order valence-electron chi connectivity index (χ2n) is 3.74. The van der Waals surface area contributed by atoms with E-state index in [1.54, 1.807) is 0 Å². The van der Waals surface area contributed by atoms with Crippen molar-refractivity contribution in [3.8, 4) is 5.75 Å². The molecule has 0 saturated heterocycles. The number of aryl methyl sites for hydroxylation is 1. The van der Waals surface area contributed by atoms with E-state index < -0.39 is 0 Å². The molecule has 0 aromatic heterocycles. The molecule has 0 aliphatic heterocycles. The predicted octanol–water partition coefficient (Wildman–Crippen LogP) is 2.76. The van der Waals surface area contributed by atoms with Crippen molar-refractivity contribution in [2.45, 2.75) is 13.3 Å². The SMILES string of the molecule is Cc1cc(O)cc2ccc3c(c12)C3. The van der Waals surface area contributed by atoms with E-state index in [0.717, 1.165) is 11.8 Å². The third-order valence-electron chi connectivity index (χ3n) is 2.75. The van der Waals surface area contributed by atoms with Gasteiger partial charge in [0.2, 0.25) is 0 Å². The quantitative estimate of drug-likeness (QED) is 0.550. The van der Waals surface area contributed by atoms with Gasteiger partial charge in [0.05, 0.1) is 0 Å². The van der Waals surface area contributed by atoms with Crippen LogP contribution in [-0.2, 0) is 6.42 Å². The van der Waals surface area contributed by atoms with Crippen molar-refractivity contribution in [1.82, 2.24) is 0 Å². The van der Waals surface area contributed by atoms with E-state index in [1.165, 1.54) is 22.1 Å². The zero-order valence-electron chi connectivity index (χ0n) is 7.46. The molecule has 0 amide bonds. The van der Waals surface area contributed by atoms with Gasteiger partial charge in [0.15, 0.2) is 0 Å². The average molecular weight is 170 g/mol. The summed E-state index contributed by atoms with van der Waals surface area (Å²) in [5.41, 5.74) is 4.11. The van der Waals surface area contributed by atoms with Crippen molar-refractivity contribution in [2.24, 2.45) is 0 Å². The molecule has 2 aromatic rings. The topological polar surface area (TPSA) is 20.2 Å². The standard InChI is InChI=1S/C12H10O/c1-7-4-10(13)5-9-3-2-8-6-11(8)12(7)9/h2-5,13H,6H2,1H3. The third kappa shape index (κ3) is 0.872. The Kier molecular flexibility index (Phi) is 1.10. The number of fused-ring (bicyclic) bond motifs is 3. The molecule has 1 N–H and O–H groups in total. The van der Waals surface area contributed by atoms with Crippen LogP contribution in [0.25, 0.3) is 10.8 Å². The number of rotatable bonds is 0. The van der Waals surface area contributed by atoms with Crippen LogP contribution in [0.5, 0.6) is 5.75 Å². The van der Waals surface area contributed by atoms with E-state index in [9.17, 15) is 5.11 Å². The lowest BCUT2D eigenvalue weighted by Gasteiger charge is -2.01. The summed E-state index contributed by atoms with van der Waals surface area (Å²) in [7, 11) is 0. The molecule has 13 heavy (non-hydrogen) atoms. The molecule has 0 fully saturated rings. The summed E-state index contributed by atoms with van der Waals surface area (Å²) in [6.45, 7) is 2.06. The van der Waals surface area contributed by atoms with Crippen LogP contribution >= 0.6 is 0 Å². The third-order valence-corrected chi connectivity index (χ3v) is 2.75. The van der Waals surface area contributed by atoms with Gasteiger partial charge < -0.3 is 5.11 Å². The monoisotopic (exact) mass is 170 g/mol. The minimum absolute atomic E-state index is 0.366. The molecular formula is C12H10O. The van der Waals surface area contributed by atoms with Crippen LogP contribution in [0.1, 0.15) is 16.7 Å². The maximum atomic E-state index is 9.42. The molecule has 0 unspecified atom stereocenters. The van der Waals surface area contributed by atoms with Gasteiger partial charge >= 0.3 is 0 Å². The first kappa shape index (κ1) is 6.96. The molecule has 1 heteroatoms. The van der Waals surface area contributed by atoms with Gasteiger partial charge in [-0.05, 0) is 52.9 Å². The van der Waals surface area contributed by atoms with Crippen molar-refractivity contribution < 1.29 is 5.11 Å². The Bertz CT molecular complexity index is 512. The number of hydrogen-bond acceptors (Lipinski definition) is 1. The Morgan fingerprint density at radius 3 is 2.92 bits per heavy atom. The Morgan fingerprint density at radius 1 is 1.23 bits per heavy atom. The van der Waals surface area contributed by atoms with Gasteiger partial charge in [0.1, 0.15) is 5.75 Å². The minimum Gasteiger partial charge on any atom is -0.508 e. The number of benzene rings is 2. The largest absolute Gasteiger partial charge is 0.508 e. The smallest absolute Gasteiger partial charge is 0.116 e. The summed E-state index contributed by atoms with van der Waals surface area (Å²) < 4.78 is 0. The number of phenolic OH excluding ortho intramolecular Hbond substituents is 1. The van der Waals surface area contributed by atoms with Crippen molar-refractivity contribution in [1.29, 1.82) is 0 Å². The maximum Gasteiger partial charge on any atom is 0.116 e. The van der Waals surface area contributed by atoms with Crippen LogP contribution in [0, 0.1) is 6.92 Å². The average Bonchev–Trinajstić information content (AvgIpc) is 2.80. The lowest BCUT2D eigenvalue weighted by atomic mass is 10.1. The molecule has 0 radical (unpaired) electrons. The van der Waals surface area contributed by atoms with Gasteiger partial charge in [0.25, 0.3) is 0 Å². The van der Waals surface area contributed by atoms with Gasteiger partial charge in [-0.2, -0.15) is 0 Å². The second kappa shape index (κ2) is 2.05. The summed E-state index contributed by atoms with van der Waals surface area (Å²) in [6.07, 6.45) is 1.13. The summed E-state index contributed by atoms with van der Waals surface area (Å²) >= 11 is 0.